The molecule has 0 aromatic heterocycles. The molecule has 0 unspecified atom stereocenters. The Morgan fingerprint density at radius 3 is 2.33 bits per heavy atom. The van der Waals surface area contributed by atoms with E-state index in [1.807, 2.05) is 44.2 Å². The fourth-order valence-corrected chi connectivity index (χ4v) is 1.59. The number of rotatable bonds is 5. The first-order valence-electron chi connectivity index (χ1n) is 6.22. The molecule has 0 spiro atoms. The summed E-state index contributed by atoms with van der Waals surface area (Å²) < 4.78 is 0. The van der Waals surface area contributed by atoms with Crippen LogP contribution in [-0.4, -0.2) is 5.78 Å². The van der Waals surface area contributed by atoms with Crippen LogP contribution < -0.4 is 0 Å². The van der Waals surface area contributed by atoms with E-state index in [1.165, 1.54) is 0 Å². The maximum atomic E-state index is 11.4. The second kappa shape index (κ2) is 9.17. The minimum absolute atomic E-state index is 0.0950. The molecule has 0 aliphatic carbocycles. The first-order valence-corrected chi connectivity index (χ1v) is 6.22. The smallest absolute Gasteiger partial charge is 0.160 e. The quantitative estimate of drug-likeness (QED) is 0.537. The zero-order valence-corrected chi connectivity index (χ0v) is 11.6. The van der Waals surface area contributed by atoms with Crippen molar-refractivity contribution in [2.24, 2.45) is 0 Å². The van der Waals surface area contributed by atoms with Gasteiger partial charge < -0.3 is 0 Å². The number of benzene rings is 1. The van der Waals surface area contributed by atoms with Gasteiger partial charge in [0.05, 0.1) is 0 Å². The van der Waals surface area contributed by atoms with Gasteiger partial charge in [-0.15, -0.1) is 0 Å². The highest BCUT2D eigenvalue weighted by Gasteiger charge is 2.06. The van der Waals surface area contributed by atoms with Gasteiger partial charge in [0, 0.05) is 5.56 Å². The van der Waals surface area contributed by atoms with Gasteiger partial charge >= 0.3 is 0 Å². The van der Waals surface area contributed by atoms with Crippen molar-refractivity contribution >= 4 is 5.78 Å². The Balaban J connectivity index is 0.00000137. The zero-order chi connectivity index (χ0) is 14.0. The molecule has 1 rings (SSSR count). The van der Waals surface area contributed by atoms with Crippen molar-refractivity contribution in [1.82, 2.24) is 0 Å². The Bertz CT molecular complexity index is 439. The van der Waals surface area contributed by atoms with Crippen molar-refractivity contribution in [3.05, 3.63) is 72.4 Å². The lowest BCUT2D eigenvalue weighted by Gasteiger charge is -2.06. The summed E-state index contributed by atoms with van der Waals surface area (Å²) in [6, 6.07) is 7.64. The first-order chi connectivity index (χ1) is 8.69. The Morgan fingerprint density at radius 2 is 1.83 bits per heavy atom. The van der Waals surface area contributed by atoms with Gasteiger partial charge in [0.1, 0.15) is 0 Å². The van der Waals surface area contributed by atoms with Crippen molar-refractivity contribution in [2.45, 2.75) is 27.2 Å². The van der Waals surface area contributed by atoms with E-state index >= 15 is 0 Å². The number of hydrogen-bond acceptors (Lipinski definition) is 1. The highest BCUT2D eigenvalue weighted by atomic mass is 16.1. The van der Waals surface area contributed by atoms with Gasteiger partial charge in [0.2, 0.25) is 0 Å². The van der Waals surface area contributed by atoms with E-state index in [0.717, 1.165) is 16.7 Å². The maximum absolute atomic E-state index is 11.4. The van der Waals surface area contributed by atoms with Crippen LogP contribution in [-0.2, 0) is 6.42 Å². The van der Waals surface area contributed by atoms with Crippen molar-refractivity contribution < 1.29 is 4.79 Å². The van der Waals surface area contributed by atoms with Crippen molar-refractivity contribution in [3.63, 3.8) is 0 Å². The average Bonchev–Trinajstić information content (AvgIpc) is 2.41. The third kappa shape index (κ3) is 4.96. The second-order valence-corrected chi connectivity index (χ2v) is 3.57. The third-order valence-electron chi connectivity index (χ3n) is 2.39. The van der Waals surface area contributed by atoms with Gasteiger partial charge in [0.25, 0.3) is 0 Å². The van der Waals surface area contributed by atoms with Crippen LogP contribution in [0.4, 0.5) is 0 Å². The molecular weight excluding hydrogens is 220 g/mol. The molecule has 1 aromatic rings. The van der Waals surface area contributed by atoms with Crippen molar-refractivity contribution in [2.75, 3.05) is 0 Å². The predicted molar refractivity (Wildman–Crippen MR) is 80.0 cm³/mol. The maximum Gasteiger partial charge on any atom is 0.160 e. The number of carbonyl (C=O) groups is 1. The lowest BCUT2D eigenvalue weighted by Crippen LogP contribution is -2.00. The second-order valence-electron chi connectivity index (χ2n) is 3.57. The summed E-state index contributed by atoms with van der Waals surface area (Å²) in [7, 11) is 0. The topological polar surface area (TPSA) is 17.1 Å². The number of hydrogen-bond donors (Lipinski definition) is 0. The molecule has 1 heteroatoms. The van der Waals surface area contributed by atoms with Crippen LogP contribution in [0.2, 0.25) is 0 Å². The van der Waals surface area contributed by atoms with Gasteiger partial charge in [-0.05, 0) is 24.5 Å². The van der Waals surface area contributed by atoms with Crippen LogP contribution >= 0.6 is 0 Å². The van der Waals surface area contributed by atoms with Gasteiger partial charge in [-0.3, -0.25) is 4.79 Å². The van der Waals surface area contributed by atoms with Crippen LogP contribution in [0.15, 0.2) is 61.2 Å². The zero-order valence-electron chi connectivity index (χ0n) is 11.6. The molecular formula is C17H22O. The van der Waals surface area contributed by atoms with Crippen LogP contribution in [0.1, 0.15) is 36.7 Å². The van der Waals surface area contributed by atoms with Crippen molar-refractivity contribution in [3.8, 4) is 0 Å². The number of carbonyl (C=O) groups excluding carboxylic acids is 1. The molecule has 0 amide bonds. The normalized spacial score (nSPS) is 10.1. The first kappa shape index (κ1) is 16.1. The summed E-state index contributed by atoms with van der Waals surface area (Å²) >= 11 is 0. The summed E-state index contributed by atoms with van der Waals surface area (Å²) in [6.07, 6.45) is 6.14. The fourth-order valence-electron chi connectivity index (χ4n) is 1.59. The van der Waals surface area contributed by atoms with Gasteiger partial charge in [0.15, 0.2) is 5.78 Å². The molecule has 0 radical (unpaired) electrons. The summed E-state index contributed by atoms with van der Waals surface area (Å²) in [5.41, 5.74) is 2.87. The van der Waals surface area contributed by atoms with E-state index in [1.54, 1.807) is 19.1 Å². The highest BCUT2D eigenvalue weighted by Crippen LogP contribution is 2.15. The van der Waals surface area contributed by atoms with Gasteiger partial charge in [-0.2, -0.15) is 0 Å². The molecule has 0 atom stereocenters. The van der Waals surface area contributed by atoms with E-state index in [-0.39, 0.29) is 5.78 Å². The van der Waals surface area contributed by atoms with Gasteiger partial charge in [-0.25, -0.2) is 0 Å². The highest BCUT2D eigenvalue weighted by molar-refractivity contribution is 5.95. The molecule has 0 heterocycles. The summed E-state index contributed by atoms with van der Waals surface area (Å²) in [4.78, 5) is 11.4. The lowest BCUT2D eigenvalue weighted by atomic mass is 9.97. The van der Waals surface area contributed by atoms with Gasteiger partial charge in [-0.1, -0.05) is 69.5 Å². The van der Waals surface area contributed by atoms with Crippen molar-refractivity contribution in [1.29, 1.82) is 0 Å². The third-order valence-corrected chi connectivity index (χ3v) is 2.39. The molecule has 0 aliphatic heterocycles. The van der Waals surface area contributed by atoms with E-state index in [2.05, 4.69) is 13.2 Å². The molecule has 0 fully saturated rings. The SMILES string of the molecule is C=C/C=C(\C=C)Cc1ccccc1C(C)=O.CC. The monoisotopic (exact) mass is 242 g/mol. The average molecular weight is 242 g/mol. The largest absolute Gasteiger partial charge is 0.295 e. The summed E-state index contributed by atoms with van der Waals surface area (Å²) in [5.74, 6) is 0.0950. The number of allylic oxidation sites excluding steroid dienone is 4. The molecule has 1 nitrogen and oxygen atoms in total. The minimum Gasteiger partial charge on any atom is -0.295 e. The van der Waals surface area contributed by atoms with E-state index in [4.69, 9.17) is 0 Å². The van der Waals surface area contributed by atoms with Crippen LogP contribution in [0, 0.1) is 0 Å². The standard InChI is InChI=1S/C15H16O.C2H6/c1-4-8-13(5-2)11-14-9-6-7-10-15(14)12(3)16;1-2/h4-10H,1-2,11H2,3H3;1-2H3/b13-8+;. The lowest BCUT2D eigenvalue weighted by molar-refractivity contribution is 0.101. The minimum atomic E-state index is 0.0950. The van der Waals surface area contributed by atoms with E-state index in [9.17, 15) is 4.79 Å². The Kier molecular flexibility index (Phi) is 8.21. The molecule has 0 bridgehead atoms. The Morgan fingerprint density at radius 1 is 1.22 bits per heavy atom. The number of Topliss-reactive ketones (excluding diaryl/α,β-unsaturated/α-hetero) is 1. The Labute approximate surface area is 111 Å². The fraction of sp³-hybridized carbons (Fsp3) is 0.235. The van der Waals surface area contributed by atoms with Crippen LogP contribution in [0.5, 0.6) is 0 Å². The van der Waals surface area contributed by atoms with Crippen LogP contribution in [0.3, 0.4) is 0 Å². The molecule has 1 aromatic carbocycles. The van der Waals surface area contributed by atoms with E-state index < -0.39 is 0 Å². The van der Waals surface area contributed by atoms with E-state index in [0.29, 0.717) is 6.42 Å². The van der Waals surface area contributed by atoms with Crippen LogP contribution in [0.25, 0.3) is 0 Å². The number of ketones is 1. The summed E-state index contributed by atoms with van der Waals surface area (Å²) in [5, 5.41) is 0. The summed E-state index contributed by atoms with van der Waals surface area (Å²) in [6.45, 7) is 13.0. The molecule has 0 saturated heterocycles. The Hall–Kier alpha value is -1.89. The molecule has 96 valence electrons. The molecule has 0 aliphatic rings. The molecule has 18 heavy (non-hydrogen) atoms. The molecule has 0 N–H and O–H groups in total. The molecule has 0 saturated carbocycles. The predicted octanol–water partition coefficient (Wildman–Crippen LogP) is 4.76.